The van der Waals surface area contributed by atoms with Crippen molar-refractivity contribution in [2.75, 3.05) is 18.0 Å². The zero-order valence-electron chi connectivity index (χ0n) is 17.9. The van der Waals surface area contributed by atoms with Crippen LogP contribution >= 0.6 is 15.9 Å². The Labute approximate surface area is 197 Å². The van der Waals surface area contributed by atoms with Crippen molar-refractivity contribution in [1.82, 2.24) is 29.4 Å². The van der Waals surface area contributed by atoms with Crippen LogP contribution in [0, 0.1) is 11.8 Å². The molecule has 3 aromatic rings. The van der Waals surface area contributed by atoms with E-state index in [9.17, 15) is 13.6 Å². The van der Waals surface area contributed by atoms with E-state index in [4.69, 9.17) is 0 Å². The van der Waals surface area contributed by atoms with Gasteiger partial charge in [0.05, 0.1) is 42.8 Å². The lowest BCUT2D eigenvalue weighted by molar-refractivity contribution is 0.0796. The Kier molecular flexibility index (Phi) is 4.62. The average molecular weight is 518 g/mol. The second-order valence-electron chi connectivity index (χ2n) is 9.10. The fourth-order valence-corrected chi connectivity index (χ4v) is 5.50. The minimum atomic E-state index is -2.50. The number of hydrogen-bond donors (Lipinski definition) is 1. The molecule has 2 fully saturated rings. The molecule has 2 unspecified atom stereocenters. The maximum Gasteiger partial charge on any atom is 0.272 e. The first-order valence-corrected chi connectivity index (χ1v) is 11.7. The Morgan fingerprint density at radius 2 is 2.03 bits per heavy atom. The monoisotopic (exact) mass is 517 g/mol. The number of aryl methyl sites for hydroxylation is 1. The Morgan fingerprint density at radius 1 is 1.24 bits per heavy atom. The first kappa shape index (κ1) is 20.8. The van der Waals surface area contributed by atoms with E-state index in [1.54, 1.807) is 18.9 Å². The first-order chi connectivity index (χ1) is 15.8. The predicted molar refractivity (Wildman–Crippen MR) is 119 cm³/mol. The lowest BCUT2D eigenvalue weighted by Gasteiger charge is -2.21. The third kappa shape index (κ3) is 3.44. The standard InChI is InChI=1S/C22H22BrF2N7O/c1-30-10-27-19-15(3-4-17(19)30)28-21(33)16-9-31(11-26-16)6-12-2-5-18(29-20(12)23)32-7-13-14(8-32)22(13,24)25/h2,5,9-11,13-15H,3-4,6-8H2,1H3,(H,28,33)/t13?,14?,15-/m1/s1. The van der Waals surface area contributed by atoms with Crippen molar-refractivity contribution in [1.29, 1.82) is 0 Å². The van der Waals surface area contributed by atoms with Crippen LogP contribution in [0.4, 0.5) is 14.6 Å². The summed E-state index contributed by atoms with van der Waals surface area (Å²) in [4.78, 5) is 27.9. The number of rotatable bonds is 5. The molecule has 0 bridgehead atoms. The number of alkyl halides is 2. The average Bonchev–Trinajstić information content (AvgIpc) is 3.41. The SMILES string of the molecule is Cn1cnc2c1CC[C@H]2NC(=O)c1cn(Cc2ccc(N3CC4C(C3)C4(F)F)nc2Br)cn1. The summed E-state index contributed by atoms with van der Waals surface area (Å²) in [7, 11) is 1.96. The number of nitrogens with zero attached hydrogens (tertiary/aromatic N) is 6. The van der Waals surface area contributed by atoms with Gasteiger partial charge in [0.2, 0.25) is 0 Å². The topological polar surface area (TPSA) is 80.9 Å². The van der Waals surface area contributed by atoms with Crippen LogP contribution in [0.5, 0.6) is 0 Å². The van der Waals surface area contributed by atoms with Gasteiger partial charge in [0.25, 0.3) is 11.8 Å². The zero-order chi connectivity index (χ0) is 22.9. The molecule has 1 N–H and O–H groups in total. The molecule has 172 valence electrons. The summed E-state index contributed by atoms with van der Waals surface area (Å²) in [5, 5.41) is 3.03. The second kappa shape index (κ2) is 7.34. The van der Waals surface area contributed by atoms with Crippen molar-refractivity contribution in [2.24, 2.45) is 18.9 Å². The van der Waals surface area contributed by atoms with Crippen molar-refractivity contribution in [3.05, 3.63) is 58.2 Å². The van der Waals surface area contributed by atoms with Crippen LogP contribution in [0.3, 0.4) is 0 Å². The number of imidazole rings is 2. The number of hydrogen-bond acceptors (Lipinski definition) is 5. The molecule has 1 saturated carbocycles. The maximum atomic E-state index is 13.5. The van der Waals surface area contributed by atoms with Gasteiger partial charge in [-0.3, -0.25) is 4.79 Å². The van der Waals surface area contributed by atoms with Crippen LogP contribution < -0.4 is 10.2 Å². The van der Waals surface area contributed by atoms with Gasteiger partial charge in [-0.2, -0.15) is 0 Å². The minimum Gasteiger partial charge on any atom is -0.356 e. The molecule has 1 amide bonds. The quantitative estimate of drug-likeness (QED) is 0.526. The van der Waals surface area contributed by atoms with Gasteiger partial charge in [-0.15, -0.1) is 0 Å². The van der Waals surface area contributed by atoms with Gasteiger partial charge in [-0.25, -0.2) is 23.7 Å². The van der Waals surface area contributed by atoms with Gasteiger partial charge in [0.1, 0.15) is 16.1 Å². The molecular formula is C22H22BrF2N7O. The fraction of sp³-hybridized carbons (Fsp3) is 0.455. The van der Waals surface area contributed by atoms with E-state index in [0.29, 0.717) is 35.7 Å². The molecular weight excluding hydrogens is 496 g/mol. The first-order valence-electron chi connectivity index (χ1n) is 10.9. The predicted octanol–water partition coefficient (Wildman–Crippen LogP) is 2.94. The maximum absolute atomic E-state index is 13.5. The third-order valence-electron chi connectivity index (χ3n) is 7.05. The van der Waals surface area contributed by atoms with Crippen molar-refractivity contribution in [3.8, 4) is 0 Å². The molecule has 11 heteroatoms. The molecule has 8 nitrogen and oxygen atoms in total. The molecule has 0 aromatic carbocycles. The summed E-state index contributed by atoms with van der Waals surface area (Å²) in [6.45, 7) is 1.17. The van der Waals surface area contributed by atoms with Crippen LogP contribution in [0.2, 0.25) is 0 Å². The van der Waals surface area contributed by atoms with Crippen LogP contribution in [-0.2, 0) is 20.0 Å². The minimum absolute atomic E-state index is 0.0960. The molecule has 4 heterocycles. The molecule has 0 radical (unpaired) electrons. The van der Waals surface area contributed by atoms with E-state index in [1.807, 2.05) is 33.2 Å². The summed E-state index contributed by atoms with van der Waals surface area (Å²) in [5.41, 5.74) is 3.34. The molecule has 1 aliphatic heterocycles. The number of anilines is 1. The largest absolute Gasteiger partial charge is 0.356 e. The molecule has 6 rings (SSSR count). The number of carbonyl (C=O) groups excluding carboxylic acids is 1. The Balaban J connectivity index is 1.10. The summed E-state index contributed by atoms with van der Waals surface area (Å²) < 4.78 is 31.4. The molecule has 0 spiro atoms. The van der Waals surface area contributed by atoms with Gasteiger partial charge < -0.3 is 19.4 Å². The Hall–Kier alpha value is -2.82. The number of halogens is 3. The van der Waals surface area contributed by atoms with E-state index in [0.717, 1.165) is 29.8 Å². The second-order valence-corrected chi connectivity index (χ2v) is 9.85. The van der Waals surface area contributed by atoms with E-state index in [-0.39, 0.29) is 11.9 Å². The number of piperidine rings is 1. The highest BCUT2D eigenvalue weighted by molar-refractivity contribution is 9.10. The normalized spacial score (nSPS) is 24.6. The number of nitrogens with one attached hydrogen (secondary N) is 1. The van der Waals surface area contributed by atoms with Crippen LogP contribution in [0.1, 0.15) is 39.9 Å². The van der Waals surface area contributed by atoms with E-state index in [2.05, 4.69) is 36.2 Å². The van der Waals surface area contributed by atoms with E-state index < -0.39 is 17.8 Å². The van der Waals surface area contributed by atoms with Crippen molar-refractivity contribution in [2.45, 2.75) is 31.4 Å². The highest BCUT2D eigenvalue weighted by Gasteiger charge is 2.71. The molecule has 3 atom stereocenters. The van der Waals surface area contributed by atoms with Crippen molar-refractivity contribution < 1.29 is 13.6 Å². The van der Waals surface area contributed by atoms with E-state index in [1.165, 1.54) is 0 Å². The summed E-state index contributed by atoms with van der Waals surface area (Å²) in [5.74, 6) is -3.11. The van der Waals surface area contributed by atoms with Crippen molar-refractivity contribution >= 4 is 27.7 Å². The van der Waals surface area contributed by atoms with Gasteiger partial charge in [-0.05, 0) is 34.8 Å². The van der Waals surface area contributed by atoms with Crippen LogP contribution in [0.25, 0.3) is 0 Å². The lowest BCUT2D eigenvalue weighted by atomic mass is 10.2. The Morgan fingerprint density at radius 3 is 2.79 bits per heavy atom. The van der Waals surface area contributed by atoms with Gasteiger partial charge in [0, 0.05) is 37.6 Å². The number of carbonyl (C=O) groups is 1. The van der Waals surface area contributed by atoms with Gasteiger partial charge in [-0.1, -0.05) is 6.07 Å². The summed E-state index contributed by atoms with van der Waals surface area (Å²) in [6, 6.07) is 3.69. The highest BCUT2D eigenvalue weighted by atomic mass is 79.9. The summed E-state index contributed by atoms with van der Waals surface area (Å²) >= 11 is 3.50. The van der Waals surface area contributed by atoms with E-state index >= 15 is 0 Å². The van der Waals surface area contributed by atoms with Gasteiger partial charge in [0.15, 0.2) is 0 Å². The van der Waals surface area contributed by atoms with Crippen LogP contribution in [-0.4, -0.2) is 49.0 Å². The third-order valence-corrected chi connectivity index (χ3v) is 7.74. The molecule has 1 saturated heterocycles. The smallest absolute Gasteiger partial charge is 0.272 e. The van der Waals surface area contributed by atoms with Crippen LogP contribution in [0.15, 0.2) is 35.6 Å². The number of amides is 1. The molecule has 2 aliphatic carbocycles. The lowest BCUT2D eigenvalue weighted by Crippen LogP contribution is -2.28. The Bertz CT molecular complexity index is 1240. The highest BCUT2D eigenvalue weighted by Crippen LogP contribution is 2.59. The molecule has 3 aromatic heterocycles. The fourth-order valence-electron chi connectivity index (χ4n) is 5.06. The van der Waals surface area contributed by atoms with Crippen molar-refractivity contribution in [3.63, 3.8) is 0 Å². The summed E-state index contributed by atoms with van der Waals surface area (Å²) in [6.07, 6.45) is 6.83. The number of pyridine rings is 1. The van der Waals surface area contributed by atoms with Gasteiger partial charge >= 0.3 is 0 Å². The molecule has 3 aliphatic rings. The number of fused-ring (bicyclic) bond motifs is 2. The molecule has 33 heavy (non-hydrogen) atoms. The zero-order valence-corrected chi connectivity index (χ0v) is 19.5. The number of aromatic nitrogens is 5.